The number of rotatable bonds is 4. The predicted molar refractivity (Wildman–Crippen MR) is 104 cm³/mol. The van der Waals surface area contributed by atoms with Gasteiger partial charge in [-0.1, -0.05) is 48.5 Å². The van der Waals surface area contributed by atoms with Crippen molar-refractivity contribution in [2.45, 2.75) is 31.2 Å². The highest BCUT2D eigenvalue weighted by molar-refractivity contribution is 6.26. The molecule has 1 aliphatic heterocycles. The molecule has 28 heavy (non-hydrogen) atoms. The van der Waals surface area contributed by atoms with E-state index in [1.54, 1.807) is 0 Å². The fourth-order valence-electron chi connectivity index (χ4n) is 4.74. The van der Waals surface area contributed by atoms with Crippen LogP contribution < -0.4 is 0 Å². The summed E-state index contributed by atoms with van der Waals surface area (Å²) >= 11 is 0. The van der Waals surface area contributed by atoms with E-state index in [9.17, 15) is 14.7 Å². The number of fused-ring (bicyclic) bond motifs is 3. The van der Waals surface area contributed by atoms with Gasteiger partial charge in [-0.05, 0) is 41.5 Å². The number of carboxylic acid groups (broad SMARTS) is 1. The van der Waals surface area contributed by atoms with E-state index in [1.807, 2.05) is 24.3 Å². The van der Waals surface area contributed by atoms with Crippen LogP contribution in [0.4, 0.5) is 4.79 Å². The Balaban J connectivity index is 1.66. The monoisotopic (exact) mass is 376 g/mol. The van der Waals surface area contributed by atoms with Crippen molar-refractivity contribution < 1.29 is 19.5 Å². The lowest BCUT2D eigenvalue weighted by Gasteiger charge is -2.38. The highest BCUT2D eigenvalue weighted by Gasteiger charge is 2.39. The number of carbonyl (C=O) groups excluding carboxylic acids is 1. The number of nitrogens with one attached hydrogen (secondary N) is 1. The number of likely N-dealkylation sites (tertiary alicyclic amines) is 1. The minimum atomic E-state index is -0.940. The number of piperidine rings is 1. The zero-order valence-corrected chi connectivity index (χ0v) is 15.4. The fraction of sp³-hybridized carbons (Fsp3) is 0.318. The molecule has 6 heteroatoms. The third-order valence-electron chi connectivity index (χ3n) is 6.03. The van der Waals surface area contributed by atoms with Crippen LogP contribution in [-0.4, -0.2) is 45.5 Å². The molecule has 2 aromatic rings. The van der Waals surface area contributed by atoms with Gasteiger partial charge < -0.3 is 10.0 Å². The summed E-state index contributed by atoms with van der Waals surface area (Å²) in [4.78, 5) is 28.6. The maximum Gasteiger partial charge on any atom is 0.407 e. The fourth-order valence-corrected chi connectivity index (χ4v) is 4.74. The average molecular weight is 376 g/mol. The minimum Gasteiger partial charge on any atom is -0.465 e. The SMILES string of the molecule is N=[N+]=CC(=O)C1CCN(C(=O)O)C(CC2c3ccccc3-c3ccccc32)C1. The van der Waals surface area contributed by atoms with E-state index < -0.39 is 6.09 Å². The Morgan fingerprint density at radius 1 is 1.11 bits per heavy atom. The van der Waals surface area contributed by atoms with Gasteiger partial charge in [-0.15, -0.1) is 0 Å². The highest BCUT2D eigenvalue weighted by Crippen LogP contribution is 2.47. The number of ketones is 1. The number of amides is 1. The van der Waals surface area contributed by atoms with Gasteiger partial charge in [0.2, 0.25) is 5.78 Å². The molecular weight excluding hydrogens is 354 g/mol. The van der Waals surface area contributed by atoms with E-state index in [2.05, 4.69) is 29.1 Å². The Labute approximate surface area is 163 Å². The Kier molecular flexibility index (Phi) is 4.80. The largest absolute Gasteiger partial charge is 0.465 e. The van der Waals surface area contributed by atoms with E-state index in [4.69, 9.17) is 5.53 Å². The van der Waals surface area contributed by atoms with Crippen LogP contribution in [0.2, 0.25) is 0 Å². The molecule has 2 N–H and O–H groups in total. The van der Waals surface area contributed by atoms with Gasteiger partial charge in [0.05, 0.1) is 10.3 Å². The van der Waals surface area contributed by atoms with E-state index in [0.717, 1.165) is 6.21 Å². The maximum atomic E-state index is 12.2. The molecule has 2 unspecified atom stereocenters. The molecule has 1 fully saturated rings. The third kappa shape index (κ3) is 3.12. The molecular formula is C22H22N3O3+. The number of carbonyl (C=O) groups is 2. The standard InChI is InChI=1S/C22H21N3O3/c23-24-13-21(26)14-9-10-25(22(27)28)15(11-14)12-20-18-7-3-1-5-16(18)17-6-2-4-8-19(17)20/h1-8,13-15,20,23H,9-12H2/p+1. The van der Waals surface area contributed by atoms with Crippen molar-refractivity contribution in [3.8, 4) is 11.1 Å². The molecule has 2 aliphatic rings. The van der Waals surface area contributed by atoms with Crippen molar-refractivity contribution >= 4 is 18.1 Å². The molecule has 0 radical (unpaired) electrons. The van der Waals surface area contributed by atoms with Crippen molar-refractivity contribution in [1.82, 2.24) is 4.90 Å². The van der Waals surface area contributed by atoms with Crippen LogP contribution in [0.15, 0.2) is 48.5 Å². The Hall–Kier alpha value is -3.24. The summed E-state index contributed by atoms with van der Waals surface area (Å²) in [6, 6.07) is 16.3. The highest BCUT2D eigenvalue weighted by atomic mass is 16.4. The van der Waals surface area contributed by atoms with Crippen LogP contribution in [0.3, 0.4) is 0 Å². The second kappa shape index (κ2) is 7.41. The Morgan fingerprint density at radius 3 is 2.29 bits per heavy atom. The second-order valence-corrected chi connectivity index (χ2v) is 7.47. The zero-order chi connectivity index (χ0) is 19.7. The summed E-state index contributed by atoms with van der Waals surface area (Å²) in [6.45, 7) is 0.332. The molecule has 4 rings (SSSR count). The minimum absolute atomic E-state index is 0.109. The van der Waals surface area contributed by atoms with Gasteiger partial charge in [-0.2, -0.15) is 0 Å². The number of Topliss-reactive ketones (excluding diaryl/α,β-unsaturated/α-hetero) is 1. The van der Waals surface area contributed by atoms with E-state index in [0.29, 0.717) is 25.8 Å². The van der Waals surface area contributed by atoms with Gasteiger partial charge in [0.1, 0.15) is 0 Å². The molecule has 1 saturated heterocycles. The van der Waals surface area contributed by atoms with Crippen LogP contribution in [0, 0.1) is 11.4 Å². The summed E-state index contributed by atoms with van der Waals surface area (Å²) in [5.41, 5.74) is 11.7. The van der Waals surface area contributed by atoms with Gasteiger partial charge in [0.15, 0.2) is 0 Å². The van der Waals surface area contributed by atoms with Crippen LogP contribution in [0.25, 0.3) is 11.1 Å². The number of hydrogen-bond acceptors (Lipinski definition) is 3. The second-order valence-electron chi connectivity index (χ2n) is 7.47. The lowest BCUT2D eigenvalue weighted by Crippen LogP contribution is -2.47. The molecule has 1 heterocycles. The predicted octanol–water partition coefficient (Wildman–Crippen LogP) is 3.83. The Bertz CT molecular complexity index is 935. The molecule has 0 saturated carbocycles. The summed E-state index contributed by atoms with van der Waals surface area (Å²) in [7, 11) is 0. The number of benzene rings is 2. The van der Waals surface area contributed by atoms with Crippen LogP contribution in [0.5, 0.6) is 0 Å². The first-order valence-electron chi connectivity index (χ1n) is 9.51. The molecule has 2 aromatic carbocycles. The van der Waals surface area contributed by atoms with Crippen molar-refractivity contribution in [1.29, 1.82) is 5.53 Å². The summed E-state index contributed by atoms with van der Waals surface area (Å²) < 4.78 is 0. The van der Waals surface area contributed by atoms with Crippen molar-refractivity contribution in [3.63, 3.8) is 0 Å². The lowest BCUT2D eigenvalue weighted by atomic mass is 9.81. The van der Waals surface area contributed by atoms with E-state index in [-0.39, 0.29) is 23.7 Å². The molecule has 0 bridgehead atoms. The number of hydrogen-bond donors (Lipinski definition) is 2. The van der Waals surface area contributed by atoms with Gasteiger partial charge in [-0.3, -0.25) is 4.79 Å². The summed E-state index contributed by atoms with van der Waals surface area (Å²) in [5.74, 6) is -0.350. The van der Waals surface area contributed by atoms with Crippen molar-refractivity contribution in [2.75, 3.05) is 6.54 Å². The van der Waals surface area contributed by atoms with Gasteiger partial charge in [0.25, 0.3) is 0 Å². The lowest BCUT2D eigenvalue weighted by molar-refractivity contribution is -0.135. The van der Waals surface area contributed by atoms with Crippen LogP contribution in [-0.2, 0) is 4.79 Å². The third-order valence-corrected chi connectivity index (χ3v) is 6.03. The topological polar surface area (TPSA) is 95.6 Å². The molecule has 2 atom stereocenters. The zero-order valence-electron chi connectivity index (χ0n) is 15.4. The van der Waals surface area contributed by atoms with Gasteiger partial charge in [0, 0.05) is 24.4 Å². The first-order chi connectivity index (χ1) is 13.6. The smallest absolute Gasteiger partial charge is 0.407 e. The molecule has 142 valence electrons. The average Bonchev–Trinajstić information content (AvgIpc) is 3.02. The molecule has 0 spiro atoms. The first-order valence-corrected chi connectivity index (χ1v) is 9.51. The maximum absolute atomic E-state index is 12.2. The van der Waals surface area contributed by atoms with Gasteiger partial charge >= 0.3 is 12.3 Å². The van der Waals surface area contributed by atoms with Gasteiger partial charge in [-0.25, -0.2) is 4.79 Å². The van der Waals surface area contributed by atoms with Crippen molar-refractivity contribution in [2.24, 2.45) is 5.92 Å². The first kappa shape index (κ1) is 18.1. The van der Waals surface area contributed by atoms with E-state index in [1.165, 1.54) is 27.2 Å². The molecule has 1 amide bonds. The molecule has 0 aromatic heterocycles. The molecule has 1 aliphatic carbocycles. The number of nitrogens with zero attached hydrogens (tertiary/aromatic N) is 2. The van der Waals surface area contributed by atoms with Crippen LogP contribution in [0.1, 0.15) is 36.3 Å². The van der Waals surface area contributed by atoms with E-state index >= 15 is 0 Å². The Morgan fingerprint density at radius 2 is 1.71 bits per heavy atom. The quantitative estimate of drug-likeness (QED) is 0.482. The van der Waals surface area contributed by atoms with Crippen LogP contribution >= 0.6 is 0 Å². The summed E-state index contributed by atoms with van der Waals surface area (Å²) in [5, 5.41) is 9.69. The summed E-state index contributed by atoms with van der Waals surface area (Å²) in [6.07, 6.45) is 1.69. The molecule has 6 nitrogen and oxygen atoms in total. The van der Waals surface area contributed by atoms with Crippen molar-refractivity contribution in [3.05, 3.63) is 59.7 Å². The normalized spacial score (nSPS) is 20.8.